The molecule has 1 heterocycles. The Labute approximate surface area is 155 Å². The van der Waals surface area contributed by atoms with E-state index >= 15 is 0 Å². The van der Waals surface area contributed by atoms with Gasteiger partial charge in [-0.25, -0.2) is 0 Å². The van der Waals surface area contributed by atoms with Gasteiger partial charge in [-0.15, -0.1) is 12.4 Å². The van der Waals surface area contributed by atoms with Gasteiger partial charge in [0, 0.05) is 38.9 Å². The molecule has 0 radical (unpaired) electrons. The quantitative estimate of drug-likeness (QED) is 0.835. The molecule has 0 spiro atoms. The number of rotatable bonds is 4. The maximum atomic E-state index is 12.8. The largest absolute Gasteiger partial charge is 0.416 e. The van der Waals surface area contributed by atoms with Gasteiger partial charge in [0.1, 0.15) is 6.04 Å². The van der Waals surface area contributed by atoms with E-state index in [0.717, 1.165) is 12.1 Å². The molecular weight excluding hydrogens is 375 g/mol. The second kappa shape index (κ2) is 9.20. The van der Waals surface area contributed by atoms with Crippen molar-refractivity contribution in [3.8, 4) is 0 Å². The third kappa shape index (κ3) is 5.33. The molecule has 0 saturated carbocycles. The molecule has 26 heavy (non-hydrogen) atoms. The zero-order valence-corrected chi connectivity index (χ0v) is 15.0. The van der Waals surface area contributed by atoms with Crippen LogP contribution in [0.4, 0.5) is 13.2 Å². The molecular formula is C16H21ClF3N3O3. The van der Waals surface area contributed by atoms with Gasteiger partial charge in [-0.3, -0.25) is 9.59 Å². The van der Waals surface area contributed by atoms with Crippen LogP contribution in [0.3, 0.4) is 0 Å². The van der Waals surface area contributed by atoms with Crippen molar-refractivity contribution in [3.05, 3.63) is 35.4 Å². The summed E-state index contributed by atoms with van der Waals surface area (Å²) in [5.41, 5.74) is 4.81. The van der Waals surface area contributed by atoms with Crippen molar-refractivity contribution in [2.24, 2.45) is 5.73 Å². The molecule has 0 aromatic heterocycles. The van der Waals surface area contributed by atoms with Crippen molar-refractivity contribution in [3.63, 3.8) is 0 Å². The van der Waals surface area contributed by atoms with Crippen LogP contribution in [0, 0.1) is 0 Å². The minimum absolute atomic E-state index is 0. The van der Waals surface area contributed by atoms with E-state index in [9.17, 15) is 22.8 Å². The number of hydrogen-bond donors (Lipinski definition) is 1. The van der Waals surface area contributed by atoms with E-state index in [1.54, 1.807) is 0 Å². The van der Waals surface area contributed by atoms with Crippen LogP contribution < -0.4 is 5.73 Å². The first-order chi connectivity index (χ1) is 11.7. The zero-order valence-electron chi connectivity index (χ0n) is 14.2. The van der Waals surface area contributed by atoms with E-state index in [-0.39, 0.29) is 56.7 Å². The van der Waals surface area contributed by atoms with Crippen LogP contribution in [0.15, 0.2) is 24.3 Å². The van der Waals surface area contributed by atoms with Crippen LogP contribution in [0.2, 0.25) is 0 Å². The van der Waals surface area contributed by atoms with Crippen LogP contribution in [-0.4, -0.2) is 67.6 Å². The molecule has 6 nitrogen and oxygen atoms in total. The van der Waals surface area contributed by atoms with Crippen molar-refractivity contribution >= 4 is 24.2 Å². The molecule has 1 fully saturated rings. The number of carbonyl (C=O) groups excluding carboxylic acids is 2. The molecule has 1 unspecified atom stereocenters. The minimum Gasteiger partial charge on any atom is -0.383 e. The van der Waals surface area contributed by atoms with Crippen molar-refractivity contribution in [2.75, 3.05) is 39.9 Å². The number of nitrogens with two attached hydrogens (primary N) is 1. The number of halogens is 4. The van der Waals surface area contributed by atoms with Gasteiger partial charge in [-0.2, -0.15) is 13.2 Å². The number of alkyl halides is 3. The molecule has 1 saturated heterocycles. The molecule has 2 amide bonds. The van der Waals surface area contributed by atoms with Gasteiger partial charge in [0.15, 0.2) is 0 Å². The van der Waals surface area contributed by atoms with Gasteiger partial charge in [0.05, 0.1) is 12.2 Å². The van der Waals surface area contributed by atoms with Crippen molar-refractivity contribution in [1.29, 1.82) is 0 Å². The summed E-state index contributed by atoms with van der Waals surface area (Å²) < 4.78 is 43.1. The normalized spacial score (nSPS) is 16.0. The lowest BCUT2D eigenvalue weighted by Crippen LogP contribution is -2.55. The number of methoxy groups -OCH3 is 1. The van der Waals surface area contributed by atoms with Gasteiger partial charge in [0.25, 0.3) is 5.91 Å². The standard InChI is InChI=1S/C16H20F3N3O3.ClH/c1-25-10-13(20)15(24)22-7-5-21(6-8-22)14(23)11-3-2-4-12(9-11)16(17,18)19;/h2-4,9,13H,5-8,10,20H2,1H3;1H. The van der Waals surface area contributed by atoms with Crippen molar-refractivity contribution in [2.45, 2.75) is 12.2 Å². The molecule has 1 aromatic rings. The highest BCUT2D eigenvalue weighted by Crippen LogP contribution is 2.29. The Morgan fingerprint density at radius 2 is 1.77 bits per heavy atom. The second-order valence-corrected chi connectivity index (χ2v) is 5.76. The maximum absolute atomic E-state index is 12.8. The topological polar surface area (TPSA) is 75.9 Å². The molecule has 1 aliphatic heterocycles. The molecule has 1 atom stereocenters. The predicted octanol–water partition coefficient (Wildman–Crippen LogP) is 1.39. The average Bonchev–Trinajstić information content (AvgIpc) is 2.60. The SMILES string of the molecule is COCC(N)C(=O)N1CCN(C(=O)c2cccc(C(F)(F)F)c2)CC1.Cl. The third-order valence-electron chi connectivity index (χ3n) is 3.98. The average molecular weight is 396 g/mol. The Hall–Kier alpha value is -1.84. The lowest BCUT2D eigenvalue weighted by molar-refractivity contribution is -0.137. The van der Waals surface area contributed by atoms with E-state index in [0.29, 0.717) is 0 Å². The molecule has 0 bridgehead atoms. The Balaban J connectivity index is 0.00000338. The highest BCUT2D eigenvalue weighted by atomic mass is 35.5. The van der Waals surface area contributed by atoms with Crippen LogP contribution >= 0.6 is 12.4 Å². The first-order valence-corrected chi connectivity index (χ1v) is 7.74. The van der Waals surface area contributed by atoms with E-state index in [1.165, 1.54) is 29.0 Å². The fraction of sp³-hybridized carbons (Fsp3) is 0.500. The maximum Gasteiger partial charge on any atom is 0.416 e. The minimum atomic E-state index is -4.50. The van der Waals surface area contributed by atoms with Gasteiger partial charge in [0.2, 0.25) is 5.91 Å². The zero-order chi connectivity index (χ0) is 18.6. The van der Waals surface area contributed by atoms with Gasteiger partial charge in [-0.1, -0.05) is 6.07 Å². The van der Waals surface area contributed by atoms with Gasteiger partial charge >= 0.3 is 6.18 Å². The lowest BCUT2D eigenvalue weighted by Gasteiger charge is -2.36. The molecule has 10 heteroatoms. The van der Waals surface area contributed by atoms with Gasteiger partial charge in [-0.05, 0) is 18.2 Å². The summed E-state index contributed by atoms with van der Waals surface area (Å²) in [6.45, 7) is 1.13. The molecule has 2 N–H and O–H groups in total. The predicted molar refractivity (Wildman–Crippen MR) is 91.0 cm³/mol. The number of benzene rings is 1. The van der Waals surface area contributed by atoms with E-state index in [1.807, 2.05) is 0 Å². The fourth-order valence-electron chi connectivity index (χ4n) is 2.63. The van der Waals surface area contributed by atoms with Crippen LogP contribution in [0.1, 0.15) is 15.9 Å². The Morgan fingerprint density at radius 1 is 1.19 bits per heavy atom. The van der Waals surface area contributed by atoms with Crippen molar-refractivity contribution < 1.29 is 27.5 Å². The first kappa shape index (κ1) is 22.2. The first-order valence-electron chi connectivity index (χ1n) is 7.74. The summed E-state index contributed by atoms with van der Waals surface area (Å²) in [5.74, 6) is -0.757. The number of piperazine rings is 1. The number of hydrogen-bond acceptors (Lipinski definition) is 4. The molecule has 146 valence electrons. The fourth-order valence-corrected chi connectivity index (χ4v) is 2.63. The summed E-state index contributed by atoms with van der Waals surface area (Å²) in [5, 5.41) is 0. The molecule has 2 rings (SSSR count). The smallest absolute Gasteiger partial charge is 0.383 e. The summed E-state index contributed by atoms with van der Waals surface area (Å²) in [6, 6.07) is 3.55. The highest BCUT2D eigenvalue weighted by Gasteiger charge is 2.32. The third-order valence-corrected chi connectivity index (χ3v) is 3.98. The van der Waals surface area contributed by atoms with E-state index in [2.05, 4.69) is 0 Å². The van der Waals surface area contributed by atoms with E-state index in [4.69, 9.17) is 10.5 Å². The number of ether oxygens (including phenoxy) is 1. The van der Waals surface area contributed by atoms with Crippen LogP contribution in [0.5, 0.6) is 0 Å². The van der Waals surface area contributed by atoms with E-state index < -0.39 is 23.7 Å². The summed E-state index contributed by atoms with van der Waals surface area (Å²) in [6.07, 6.45) is -4.50. The Bertz CT molecular complexity index is 635. The second-order valence-electron chi connectivity index (χ2n) is 5.76. The van der Waals surface area contributed by atoms with Crippen LogP contribution in [-0.2, 0) is 15.7 Å². The summed E-state index contributed by atoms with van der Waals surface area (Å²) >= 11 is 0. The Morgan fingerprint density at radius 3 is 2.31 bits per heavy atom. The Kier molecular flexibility index (Phi) is 7.86. The number of carbonyl (C=O) groups is 2. The number of nitrogens with zero attached hydrogens (tertiary/aromatic N) is 2. The monoisotopic (exact) mass is 395 g/mol. The lowest BCUT2D eigenvalue weighted by atomic mass is 10.1. The van der Waals surface area contributed by atoms with Crippen molar-refractivity contribution in [1.82, 2.24) is 9.80 Å². The molecule has 1 aromatic carbocycles. The van der Waals surface area contributed by atoms with Gasteiger partial charge < -0.3 is 20.3 Å². The summed E-state index contributed by atoms with van der Waals surface area (Å²) in [4.78, 5) is 27.4. The number of amides is 2. The molecule has 1 aliphatic rings. The molecule has 0 aliphatic carbocycles. The summed E-state index contributed by atoms with van der Waals surface area (Å²) in [7, 11) is 1.44. The highest BCUT2D eigenvalue weighted by molar-refractivity contribution is 5.94. The van der Waals surface area contributed by atoms with Crippen LogP contribution in [0.25, 0.3) is 0 Å².